The van der Waals surface area contributed by atoms with Crippen LogP contribution in [0.25, 0.3) is 0 Å². The van der Waals surface area contributed by atoms with Crippen molar-refractivity contribution in [2.45, 2.75) is 29.9 Å². The SMILES string of the molecule is O=CNCCS[C@@H]1OC(CO)[C@H](O)[C@H](O)C1O. The molecule has 1 amide bonds. The minimum Gasteiger partial charge on any atom is -0.394 e. The van der Waals surface area contributed by atoms with E-state index in [-0.39, 0.29) is 0 Å². The first-order chi connectivity index (χ1) is 8.11. The number of hydrogen-bond donors (Lipinski definition) is 5. The highest BCUT2D eigenvalue weighted by molar-refractivity contribution is 7.99. The lowest BCUT2D eigenvalue weighted by Gasteiger charge is -2.39. The number of amides is 1. The van der Waals surface area contributed by atoms with Crippen LogP contribution in [0.1, 0.15) is 0 Å². The van der Waals surface area contributed by atoms with Crippen molar-refractivity contribution >= 4 is 18.2 Å². The summed E-state index contributed by atoms with van der Waals surface area (Å²) in [7, 11) is 0. The number of hydrogen-bond acceptors (Lipinski definition) is 7. The smallest absolute Gasteiger partial charge is 0.207 e. The standard InChI is InChI=1S/C9H17NO6S/c11-3-5-6(13)7(14)8(15)9(16-5)17-2-1-10-4-12/h4-9,11,13-15H,1-3H2,(H,10,12)/t5?,6-,7-,8?,9-/m0/s1. The van der Waals surface area contributed by atoms with E-state index in [1.165, 1.54) is 11.8 Å². The van der Waals surface area contributed by atoms with Crippen LogP contribution in [0.4, 0.5) is 0 Å². The van der Waals surface area contributed by atoms with Crippen molar-refractivity contribution in [1.82, 2.24) is 5.32 Å². The number of carbonyl (C=O) groups is 1. The Morgan fingerprint density at radius 2 is 1.94 bits per heavy atom. The van der Waals surface area contributed by atoms with Gasteiger partial charge in [-0.25, -0.2) is 0 Å². The zero-order valence-electron chi connectivity index (χ0n) is 9.10. The molecule has 1 saturated heterocycles. The van der Waals surface area contributed by atoms with Gasteiger partial charge >= 0.3 is 0 Å². The van der Waals surface area contributed by atoms with Crippen molar-refractivity contribution in [1.29, 1.82) is 0 Å². The monoisotopic (exact) mass is 267 g/mol. The zero-order chi connectivity index (χ0) is 12.8. The molecular weight excluding hydrogens is 250 g/mol. The minimum atomic E-state index is -1.35. The maximum Gasteiger partial charge on any atom is 0.207 e. The fourth-order valence-corrected chi connectivity index (χ4v) is 2.55. The van der Waals surface area contributed by atoms with E-state index in [0.717, 1.165) is 0 Å². The second kappa shape index (κ2) is 7.14. The predicted molar refractivity (Wildman–Crippen MR) is 60.3 cm³/mol. The van der Waals surface area contributed by atoms with Crippen LogP contribution in [0, 0.1) is 0 Å². The lowest BCUT2D eigenvalue weighted by Crippen LogP contribution is -2.57. The molecule has 5 atom stereocenters. The highest BCUT2D eigenvalue weighted by atomic mass is 32.2. The molecular formula is C9H17NO6S. The second-order valence-electron chi connectivity index (χ2n) is 3.64. The molecule has 0 aromatic carbocycles. The number of thioether (sulfide) groups is 1. The topological polar surface area (TPSA) is 119 Å². The Bertz CT molecular complexity index is 242. The van der Waals surface area contributed by atoms with Crippen LogP contribution in [0.15, 0.2) is 0 Å². The van der Waals surface area contributed by atoms with Gasteiger partial charge in [0, 0.05) is 12.3 Å². The molecule has 8 heteroatoms. The van der Waals surface area contributed by atoms with E-state index >= 15 is 0 Å². The first kappa shape index (κ1) is 14.7. The van der Waals surface area contributed by atoms with E-state index in [1.807, 2.05) is 0 Å². The lowest BCUT2D eigenvalue weighted by molar-refractivity contribution is -0.205. The van der Waals surface area contributed by atoms with E-state index in [4.69, 9.17) is 9.84 Å². The van der Waals surface area contributed by atoms with Gasteiger partial charge in [0.2, 0.25) is 6.41 Å². The molecule has 0 aromatic heterocycles. The summed E-state index contributed by atoms with van der Waals surface area (Å²) in [6.07, 6.45) is -4.23. The van der Waals surface area contributed by atoms with Crippen LogP contribution < -0.4 is 5.32 Å². The van der Waals surface area contributed by atoms with Gasteiger partial charge in [-0.3, -0.25) is 4.79 Å². The molecule has 1 aliphatic heterocycles. The average Bonchev–Trinajstić information content (AvgIpc) is 2.34. The predicted octanol–water partition coefficient (Wildman–Crippen LogP) is -2.73. The van der Waals surface area contributed by atoms with Gasteiger partial charge in [-0.2, -0.15) is 0 Å². The maximum absolute atomic E-state index is 10.0. The average molecular weight is 267 g/mol. The molecule has 7 nitrogen and oxygen atoms in total. The Hall–Kier alpha value is -0.380. The van der Waals surface area contributed by atoms with Crippen LogP contribution >= 0.6 is 11.8 Å². The van der Waals surface area contributed by atoms with Gasteiger partial charge in [0.05, 0.1) is 6.61 Å². The highest BCUT2D eigenvalue weighted by Crippen LogP contribution is 2.27. The van der Waals surface area contributed by atoms with Crippen molar-refractivity contribution in [3.8, 4) is 0 Å². The Morgan fingerprint density at radius 3 is 2.53 bits per heavy atom. The Balaban J connectivity index is 2.44. The summed E-state index contributed by atoms with van der Waals surface area (Å²) in [5, 5.41) is 40.1. The van der Waals surface area contributed by atoms with Gasteiger partial charge in [-0.05, 0) is 0 Å². The van der Waals surface area contributed by atoms with Crippen molar-refractivity contribution in [2.75, 3.05) is 18.9 Å². The second-order valence-corrected chi connectivity index (χ2v) is 4.85. The van der Waals surface area contributed by atoms with Crippen molar-refractivity contribution < 1.29 is 30.0 Å². The summed E-state index contributed by atoms with van der Waals surface area (Å²) in [5.41, 5.74) is -0.737. The molecule has 1 fully saturated rings. The molecule has 0 spiro atoms. The maximum atomic E-state index is 10.0. The number of nitrogens with one attached hydrogen (secondary N) is 1. The van der Waals surface area contributed by atoms with Crippen molar-refractivity contribution in [2.24, 2.45) is 0 Å². The van der Waals surface area contributed by atoms with E-state index < -0.39 is 36.5 Å². The van der Waals surface area contributed by atoms with E-state index in [1.54, 1.807) is 0 Å². The van der Waals surface area contributed by atoms with E-state index in [2.05, 4.69) is 5.32 Å². The number of ether oxygens (including phenoxy) is 1. The van der Waals surface area contributed by atoms with Crippen molar-refractivity contribution in [3.63, 3.8) is 0 Å². The number of aliphatic hydroxyl groups is 4. The van der Waals surface area contributed by atoms with Crippen LogP contribution in [-0.4, -0.2) is 75.6 Å². The Kier molecular flexibility index (Phi) is 6.17. The zero-order valence-corrected chi connectivity index (χ0v) is 9.92. The van der Waals surface area contributed by atoms with Gasteiger partial charge in [0.15, 0.2) is 0 Å². The summed E-state index contributed by atoms with van der Waals surface area (Å²) >= 11 is 1.19. The fourth-order valence-electron chi connectivity index (χ4n) is 1.50. The summed E-state index contributed by atoms with van der Waals surface area (Å²) < 4.78 is 5.25. The summed E-state index contributed by atoms with van der Waals surface area (Å²) in [6.45, 7) is -0.0300. The molecule has 1 heterocycles. The molecule has 2 unspecified atom stereocenters. The van der Waals surface area contributed by atoms with Gasteiger partial charge < -0.3 is 30.5 Å². The summed E-state index contributed by atoms with van der Waals surface area (Å²) in [5.74, 6) is 0.488. The largest absolute Gasteiger partial charge is 0.394 e. The van der Waals surface area contributed by atoms with E-state index in [0.29, 0.717) is 18.7 Å². The molecule has 0 aliphatic carbocycles. The molecule has 17 heavy (non-hydrogen) atoms. The molecule has 0 radical (unpaired) electrons. The molecule has 0 aromatic rings. The summed E-state index contributed by atoms with van der Waals surface area (Å²) in [6, 6.07) is 0. The minimum absolute atomic E-state index is 0.406. The Morgan fingerprint density at radius 1 is 1.24 bits per heavy atom. The van der Waals surface area contributed by atoms with Crippen LogP contribution in [0.3, 0.4) is 0 Å². The molecule has 0 saturated carbocycles. The number of rotatable bonds is 6. The first-order valence-corrected chi connectivity index (χ1v) is 6.25. The number of carbonyl (C=O) groups excluding carboxylic acids is 1. The van der Waals surface area contributed by atoms with Gasteiger partial charge in [0.1, 0.15) is 29.9 Å². The fraction of sp³-hybridized carbons (Fsp3) is 0.889. The first-order valence-electron chi connectivity index (χ1n) is 5.21. The molecule has 1 aliphatic rings. The third kappa shape index (κ3) is 3.80. The normalized spacial score (nSPS) is 37.8. The third-order valence-corrected chi connectivity index (χ3v) is 3.62. The van der Waals surface area contributed by atoms with Crippen molar-refractivity contribution in [3.05, 3.63) is 0 Å². The molecule has 1 rings (SSSR count). The van der Waals surface area contributed by atoms with Crippen LogP contribution in [0.2, 0.25) is 0 Å². The van der Waals surface area contributed by atoms with Crippen LogP contribution in [-0.2, 0) is 9.53 Å². The highest BCUT2D eigenvalue weighted by Gasteiger charge is 2.43. The van der Waals surface area contributed by atoms with Gasteiger partial charge in [-0.15, -0.1) is 11.8 Å². The van der Waals surface area contributed by atoms with Gasteiger partial charge in [-0.1, -0.05) is 0 Å². The van der Waals surface area contributed by atoms with Gasteiger partial charge in [0.25, 0.3) is 0 Å². The molecule has 100 valence electrons. The van der Waals surface area contributed by atoms with E-state index in [9.17, 15) is 20.1 Å². The molecule has 5 N–H and O–H groups in total. The summed E-state index contributed by atoms with van der Waals surface area (Å²) in [4.78, 5) is 10.0. The Labute approximate surface area is 103 Å². The lowest BCUT2D eigenvalue weighted by atomic mass is 10.0. The van der Waals surface area contributed by atoms with Crippen LogP contribution in [0.5, 0.6) is 0 Å². The quantitative estimate of drug-likeness (QED) is 0.262. The molecule has 0 bridgehead atoms. The third-order valence-electron chi connectivity index (χ3n) is 2.46. The number of aliphatic hydroxyl groups excluding tert-OH is 4.